The molecule has 5 nitrogen and oxygen atoms in total. The lowest BCUT2D eigenvalue weighted by molar-refractivity contribution is 0.304. The standard InChI is InChI=1S/C13H15FN2O3S/c1-3-5-12(19-2)13(7-8-14)20(17,18)16-11-6-4-9-15-10-11/h3-7,9-10,16H,1,8H2,2H3/b12-5+,13-7+. The van der Waals surface area contributed by atoms with Crippen LogP contribution in [-0.4, -0.2) is 27.2 Å². The zero-order chi connectivity index (χ0) is 15.0. The molecule has 0 bridgehead atoms. The SMILES string of the molecule is C=C/C=C(OC)\C(=C/CF)S(=O)(=O)Nc1cccnc1. The van der Waals surface area contributed by atoms with E-state index in [2.05, 4.69) is 16.3 Å². The average molecular weight is 298 g/mol. The van der Waals surface area contributed by atoms with Gasteiger partial charge in [-0.05, 0) is 24.3 Å². The molecule has 0 atom stereocenters. The Morgan fingerprint density at radius 3 is 2.85 bits per heavy atom. The molecule has 7 heteroatoms. The van der Waals surface area contributed by atoms with E-state index in [-0.39, 0.29) is 16.4 Å². The number of hydrogen-bond acceptors (Lipinski definition) is 4. The van der Waals surface area contributed by atoms with Gasteiger partial charge in [0, 0.05) is 6.20 Å². The van der Waals surface area contributed by atoms with E-state index in [0.29, 0.717) is 0 Å². The number of sulfonamides is 1. The molecule has 0 radical (unpaired) electrons. The maximum absolute atomic E-state index is 12.6. The first-order valence-corrected chi connectivity index (χ1v) is 7.09. The highest BCUT2D eigenvalue weighted by molar-refractivity contribution is 7.96. The average Bonchev–Trinajstić information content (AvgIpc) is 2.43. The second kappa shape index (κ2) is 7.44. The fourth-order valence-corrected chi connectivity index (χ4v) is 2.64. The first-order chi connectivity index (χ1) is 9.55. The smallest absolute Gasteiger partial charge is 0.265 e. The first-order valence-electron chi connectivity index (χ1n) is 5.61. The minimum absolute atomic E-state index is 0.00552. The highest BCUT2D eigenvalue weighted by Gasteiger charge is 2.22. The molecular weight excluding hydrogens is 283 g/mol. The number of halogens is 1. The van der Waals surface area contributed by atoms with Crippen LogP contribution < -0.4 is 4.72 Å². The van der Waals surface area contributed by atoms with Gasteiger partial charge in [0.05, 0.1) is 19.0 Å². The summed E-state index contributed by atoms with van der Waals surface area (Å²) < 4.78 is 44.3. The van der Waals surface area contributed by atoms with Crippen LogP contribution >= 0.6 is 0 Å². The number of pyridine rings is 1. The summed E-state index contributed by atoms with van der Waals surface area (Å²) in [5.41, 5.74) is 0.270. The van der Waals surface area contributed by atoms with Crippen LogP contribution in [0.3, 0.4) is 0 Å². The van der Waals surface area contributed by atoms with Crippen molar-refractivity contribution in [1.29, 1.82) is 0 Å². The molecule has 0 aromatic carbocycles. The lowest BCUT2D eigenvalue weighted by Gasteiger charge is -2.13. The Hall–Kier alpha value is -2.15. The van der Waals surface area contributed by atoms with E-state index in [1.54, 1.807) is 6.07 Å². The van der Waals surface area contributed by atoms with Gasteiger partial charge in [-0.2, -0.15) is 0 Å². The second-order valence-corrected chi connectivity index (χ2v) is 5.19. The van der Waals surface area contributed by atoms with E-state index in [9.17, 15) is 12.8 Å². The van der Waals surface area contributed by atoms with Gasteiger partial charge in [0.15, 0.2) is 0 Å². The third-order valence-electron chi connectivity index (χ3n) is 2.20. The number of anilines is 1. The molecule has 1 rings (SSSR count). The summed E-state index contributed by atoms with van der Waals surface area (Å²) in [5, 5.41) is 0. The van der Waals surface area contributed by atoms with E-state index in [1.165, 1.54) is 37.7 Å². The van der Waals surface area contributed by atoms with Crippen LogP contribution in [0, 0.1) is 0 Å². The van der Waals surface area contributed by atoms with E-state index < -0.39 is 16.7 Å². The molecule has 0 saturated carbocycles. The monoisotopic (exact) mass is 298 g/mol. The van der Waals surface area contributed by atoms with Crippen LogP contribution in [0.4, 0.5) is 10.1 Å². The van der Waals surface area contributed by atoms with Gasteiger partial charge in [0.1, 0.15) is 17.3 Å². The summed E-state index contributed by atoms with van der Waals surface area (Å²) in [6.45, 7) is 2.51. The Kier molecular flexibility index (Phi) is 5.92. The molecule has 0 aliphatic carbocycles. The van der Waals surface area contributed by atoms with Gasteiger partial charge in [0.2, 0.25) is 0 Å². The molecule has 0 saturated heterocycles. The van der Waals surface area contributed by atoms with Gasteiger partial charge < -0.3 is 4.74 Å². The molecule has 1 aromatic rings. The number of nitrogens with one attached hydrogen (secondary N) is 1. The Bertz CT molecular complexity index is 610. The largest absolute Gasteiger partial charge is 0.495 e. The van der Waals surface area contributed by atoms with Gasteiger partial charge in [-0.15, -0.1) is 0 Å². The van der Waals surface area contributed by atoms with E-state index in [1.807, 2.05) is 0 Å². The van der Waals surface area contributed by atoms with Crippen LogP contribution in [0.25, 0.3) is 0 Å². The van der Waals surface area contributed by atoms with Crippen LogP contribution in [0.5, 0.6) is 0 Å². The number of aromatic nitrogens is 1. The molecule has 1 heterocycles. The van der Waals surface area contributed by atoms with Crippen LogP contribution in [0.1, 0.15) is 0 Å². The van der Waals surface area contributed by atoms with Gasteiger partial charge in [-0.25, -0.2) is 12.8 Å². The molecule has 20 heavy (non-hydrogen) atoms. The van der Waals surface area contributed by atoms with Crippen molar-refractivity contribution < 1.29 is 17.5 Å². The maximum atomic E-state index is 12.6. The van der Waals surface area contributed by atoms with Crippen molar-refractivity contribution in [2.75, 3.05) is 18.5 Å². The maximum Gasteiger partial charge on any atom is 0.265 e. The van der Waals surface area contributed by atoms with Gasteiger partial charge in [-0.3, -0.25) is 9.71 Å². The molecule has 1 aromatic heterocycles. The van der Waals surface area contributed by atoms with Crippen molar-refractivity contribution in [2.45, 2.75) is 0 Å². The highest BCUT2D eigenvalue weighted by Crippen LogP contribution is 2.21. The zero-order valence-electron chi connectivity index (χ0n) is 10.9. The lowest BCUT2D eigenvalue weighted by atomic mass is 10.4. The fourth-order valence-electron chi connectivity index (χ4n) is 1.40. The fraction of sp³-hybridized carbons (Fsp3) is 0.154. The Balaban J connectivity index is 3.17. The van der Waals surface area contributed by atoms with Gasteiger partial charge >= 0.3 is 0 Å². The molecule has 0 fully saturated rings. The molecule has 0 aliphatic rings. The summed E-state index contributed by atoms with van der Waals surface area (Å²) >= 11 is 0. The van der Waals surface area contributed by atoms with E-state index in [0.717, 1.165) is 6.08 Å². The highest BCUT2D eigenvalue weighted by atomic mass is 32.2. The lowest BCUT2D eigenvalue weighted by Crippen LogP contribution is -2.17. The number of hydrogen-bond donors (Lipinski definition) is 1. The number of methoxy groups -OCH3 is 1. The van der Waals surface area contributed by atoms with E-state index >= 15 is 0 Å². The summed E-state index contributed by atoms with van der Waals surface area (Å²) in [6, 6.07) is 3.11. The second-order valence-electron chi connectivity index (χ2n) is 3.54. The number of allylic oxidation sites excluding steroid dienone is 3. The quantitative estimate of drug-likeness (QED) is 0.620. The molecule has 0 aliphatic heterocycles. The van der Waals surface area contributed by atoms with Crippen molar-refractivity contribution in [3.63, 3.8) is 0 Å². The predicted octanol–water partition coefficient (Wildman–Crippen LogP) is 2.39. The molecule has 0 spiro atoms. The van der Waals surface area contributed by atoms with Crippen LogP contribution in [0.15, 0.2) is 60.0 Å². The third-order valence-corrected chi connectivity index (χ3v) is 3.65. The molecular formula is C13H15FN2O3S. The first kappa shape index (κ1) is 15.9. The zero-order valence-corrected chi connectivity index (χ0v) is 11.7. The Morgan fingerprint density at radius 1 is 1.60 bits per heavy atom. The Morgan fingerprint density at radius 2 is 2.35 bits per heavy atom. The number of alkyl halides is 1. The van der Waals surface area contributed by atoms with Gasteiger partial charge in [0.25, 0.3) is 10.0 Å². The predicted molar refractivity (Wildman–Crippen MR) is 76.1 cm³/mol. The topological polar surface area (TPSA) is 68.3 Å². The van der Waals surface area contributed by atoms with Crippen LogP contribution in [0.2, 0.25) is 0 Å². The summed E-state index contributed by atoms with van der Waals surface area (Å²) in [6.07, 6.45) is 6.45. The molecule has 1 N–H and O–H groups in total. The normalized spacial score (nSPS) is 12.9. The van der Waals surface area contributed by atoms with Crippen molar-refractivity contribution in [2.24, 2.45) is 0 Å². The minimum atomic E-state index is -3.98. The van der Waals surface area contributed by atoms with Crippen molar-refractivity contribution in [3.8, 4) is 0 Å². The van der Waals surface area contributed by atoms with Crippen molar-refractivity contribution in [1.82, 2.24) is 4.98 Å². The molecule has 0 amide bonds. The number of rotatable bonds is 7. The van der Waals surface area contributed by atoms with Gasteiger partial charge in [-0.1, -0.05) is 12.7 Å². The third kappa shape index (κ3) is 4.20. The molecule has 108 valence electrons. The summed E-state index contributed by atoms with van der Waals surface area (Å²) in [5.74, 6) is -0.00552. The Labute approximate surface area is 117 Å². The van der Waals surface area contributed by atoms with E-state index in [4.69, 9.17) is 4.74 Å². The van der Waals surface area contributed by atoms with Crippen molar-refractivity contribution >= 4 is 15.7 Å². The minimum Gasteiger partial charge on any atom is -0.495 e. The van der Waals surface area contributed by atoms with Crippen LogP contribution in [-0.2, 0) is 14.8 Å². The molecule has 0 unspecified atom stereocenters. The number of nitrogens with zero attached hydrogens (tertiary/aromatic N) is 1. The summed E-state index contributed by atoms with van der Waals surface area (Å²) in [7, 11) is -2.69. The number of ether oxygens (including phenoxy) is 1. The summed E-state index contributed by atoms with van der Waals surface area (Å²) in [4.78, 5) is 3.49. The van der Waals surface area contributed by atoms with Crippen molar-refractivity contribution in [3.05, 3.63) is 60.0 Å².